The topological polar surface area (TPSA) is 127 Å². The molecule has 3 N–H and O–H groups in total. The number of fused-ring (bicyclic) bond motifs is 1. The maximum Gasteiger partial charge on any atom is 0.269 e. The van der Waals surface area contributed by atoms with Crippen LogP contribution >= 0.6 is 0 Å². The van der Waals surface area contributed by atoms with Crippen molar-refractivity contribution in [1.82, 2.24) is 24.6 Å². The highest BCUT2D eigenvalue weighted by molar-refractivity contribution is 6.03. The fourth-order valence-corrected chi connectivity index (χ4v) is 3.68. The zero-order valence-corrected chi connectivity index (χ0v) is 16.9. The van der Waals surface area contributed by atoms with E-state index in [4.69, 9.17) is 5.73 Å². The Morgan fingerprint density at radius 1 is 1.35 bits per heavy atom. The molecule has 9 heteroatoms. The molecule has 2 aromatic heterocycles. The van der Waals surface area contributed by atoms with Gasteiger partial charge in [0.15, 0.2) is 11.3 Å². The van der Waals surface area contributed by atoms with Crippen LogP contribution in [0.1, 0.15) is 47.1 Å². The van der Waals surface area contributed by atoms with Crippen LogP contribution in [0.3, 0.4) is 0 Å². The van der Waals surface area contributed by atoms with Gasteiger partial charge in [-0.2, -0.15) is 5.10 Å². The molecule has 3 heterocycles. The number of nitrogens with two attached hydrogens (primary N) is 1. The molecule has 1 saturated heterocycles. The van der Waals surface area contributed by atoms with Crippen molar-refractivity contribution in [3.63, 3.8) is 0 Å². The van der Waals surface area contributed by atoms with Crippen LogP contribution in [0.15, 0.2) is 30.5 Å². The molecule has 2 amide bonds. The van der Waals surface area contributed by atoms with Gasteiger partial charge in [0.1, 0.15) is 5.82 Å². The number of nitrogens with zero attached hydrogens (tertiary/aromatic N) is 5. The minimum Gasteiger partial charge on any atom is -0.369 e. The molecule has 2 aliphatic rings. The van der Waals surface area contributed by atoms with Gasteiger partial charge in [-0.05, 0) is 31.0 Å². The lowest BCUT2D eigenvalue weighted by Crippen LogP contribution is -2.37. The zero-order valence-electron chi connectivity index (χ0n) is 16.9. The van der Waals surface area contributed by atoms with Crippen LogP contribution in [0.2, 0.25) is 0 Å². The van der Waals surface area contributed by atoms with E-state index in [1.807, 2.05) is 6.07 Å². The Morgan fingerprint density at radius 3 is 2.84 bits per heavy atom. The highest BCUT2D eigenvalue weighted by Crippen LogP contribution is 2.38. The first-order valence-corrected chi connectivity index (χ1v) is 10.0. The molecule has 0 spiro atoms. The number of hydrogen-bond donors (Lipinski definition) is 2. The van der Waals surface area contributed by atoms with Crippen molar-refractivity contribution >= 4 is 22.8 Å². The number of hydrogen-bond acceptors (Lipinski definition) is 6. The number of aliphatic hydroxyl groups is 1. The van der Waals surface area contributed by atoms with Crippen molar-refractivity contribution in [2.75, 3.05) is 13.6 Å². The Bertz CT molecular complexity index is 1300. The van der Waals surface area contributed by atoms with Crippen molar-refractivity contribution in [3.05, 3.63) is 47.5 Å². The van der Waals surface area contributed by atoms with Crippen LogP contribution in [0.5, 0.6) is 0 Å². The predicted molar refractivity (Wildman–Crippen MR) is 111 cm³/mol. The van der Waals surface area contributed by atoms with E-state index in [1.165, 1.54) is 4.90 Å². The summed E-state index contributed by atoms with van der Waals surface area (Å²) in [5.41, 5.74) is 5.66. The second-order valence-corrected chi connectivity index (χ2v) is 8.00. The molecule has 1 unspecified atom stereocenters. The fourth-order valence-electron chi connectivity index (χ4n) is 3.68. The van der Waals surface area contributed by atoms with E-state index in [-0.39, 0.29) is 12.1 Å². The molecule has 31 heavy (non-hydrogen) atoms. The minimum atomic E-state index is -1.67. The van der Waals surface area contributed by atoms with E-state index in [0.29, 0.717) is 34.7 Å². The van der Waals surface area contributed by atoms with Gasteiger partial charge < -0.3 is 15.7 Å². The molecule has 2 fully saturated rings. The van der Waals surface area contributed by atoms with Crippen LogP contribution in [-0.4, -0.2) is 60.8 Å². The van der Waals surface area contributed by atoms with Gasteiger partial charge in [0.2, 0.25) is 5.60 Å². The number of amides is 2. The second kappa shape index (κ2) is 6.89. The average molecular weight is 416 g/mol. The number of likely N-dealkylation sites (tertiary alicyclic amines) is 1. The monoisotopic (exact) mass is 416 g/mol. The van der Waals surface area contributed by atoms with Crippen LogP contribution in [-0.2, 0) is 4.79 Å². The fraction of sp³-hybridized carbons (Fsp3) is 0.318. The van der Waals surface area contributed by atoms with E-state index < -0.39 is 17.4 Å². The SMILES string of the molecule is CN1CCC(O)(C#Cc2cccc(-n3nc(C(N)=O)c4cnc(C5CC5)nc43)c2)C1=O. The van der Waals surface area contributed by atoms with E-state index in [0.717, 1.165) is 18.7 Å². The first kappa shape index (κ1) is 19.2. The molecule has 9 nitrogen and oxygen atoms in total. The smallest absolute Gasteiger partial charge is 0.269 e. The van der Waals surface area contributed by atoms with Crippen LogP contribution < -0.4 is 5.73 Å². The largest absolute Gasteiger partial charge is 0.369 e. The minimum absolute atomic E-state index is 0.0998. The maximum atomic E-state index is 12.1. The van der Waals surface area contributed by atoms with Gasteiger partial charge in [-0.15, -0.1) is 0 Å². The molecule has 0 bridgehead atoms. The van der Waals surface area contributed by atoms with Crippen LogP contribution in [0.4, 0.5) is 0 Å². The number of benzene rings is 1. The van der Waals surface area contributed by atoms with Gasteiger partial charge in [0.05, 0.1) is 11.1 Å². The summed E-state index contributed by atoms with van der Waals surface area (Å²) >= 11 is 0. The summed E-state index contributed by atoms with van der Waals surface area (Å²) in [5.74, 6) is 5.61. The molecule has 5 rings (SSSR count). The van der Waals surface area contributed by atoms with Gasteiger partial charge in [-0.25, -0.2) is 14.6 Å². The number of carbonyl (C=O) groups excluding carboxylic acids is 2. The summed E-state index contributed by atoms with van der Waals surface area (Å²) in [6.07, 6.45) is 3.96. The lowest BCUT2D eigenvalue weighted by molar-refractivity contribution is -0.137. The quantitative estimate of drug-likeness (QED) is 0.606. The third-order valence-corrected chi connectivity index (χ3v) is 5.63. The van der Waals surface area contributed by atoms with Gasteiger partial charge in [0.25, 0.3) is 11.8 Å². The first-order chi connectivity index (χ1) is 14.9. The van der Waals surface area contributed by atoms with Gasteiger partial charge in [-0.1, -0.05) is 17.9 Å². The summed E-state index contributed by atoms with van der Waals surface area (Å²) in [5, 5.41) is 15.4. The second-order valence-electron chi connectivity index (χ2n) is 8.00. The average Bonchev–Trinajstić information content (AvgIpc) is 3.50. The third kappa shape index (κ3) is 3.31. The Hall–Kier alpha value is -3.77. The van der Waals surface area contributed by atoms with Crippen LogP contribution in [0, 0.1) is 11.8 Å². The molecule has 0 radical (unpaired) electrons. The molecule has 1 aliphatic carbocycles. The molecule has 3 aromatic rings. The van der Waals surface area contributed by atoms with Gasteiger partial charge >= 0.3 is 0 Å². The Balaban J connectivity index is 1.57. The number of rotatable bonds is 3. The molecular formula is C22H20N6O3. The number of primary amides is 1. The molecule has 1 saturated carbocycles. The number of carbonyl (C=O) groups is 2. The van der Waals surface area contributed by atoms with E-state index in [2.05, 4.69) is 26.9 Å². The van der Waals surface area contributed by atoms with Gasteiger partial charge in [-0.3, -0.25) is 9.59 Å². The lowest BCUT2D eigenvalue weighted by Gasteiger charge is -2.13. The predicted octanol–water partition coefficient (Wildman–Crippen LogP) is 0.736. The third-order valence-electron chi connectivity index (χ3n) is 5.63. The summed E-state index contributed by atoms with van der Waals surface area (Å²) in [7, 11) is 1.64. The van der Waals surface area contributed by atoms with Crippen LogP contribution in [0.25, 0.3) is 16.7 Å². The summed E-state index contributed by atoms with van der Waals surface area (Å²) in [4.78, 5) is 34.5. The van der Waals surface area contributed by atoms with E-state index in [1.54, 1.807) is 36.1 Å². The molecule has 156 valence electrons. The Kier molecular flexibility index (Phi) is 4.27. The van der Waals surface area contributed by atoms with Crippen molar-refractivity contribution in [2.24, 2.45) is 5.73 Å². The summed E-state index contributed by atoms with van der Waals surface area (Å²) < 4.78 is 1.55. The molecular weight excluding hydrogens is 396 g/mol. The zero-order chi connectivity index (χ0) is 21.8. The van der Waals surface area contributed by atoms with Gasteiger partial charge in [0, 0.05) is 37.7 Å². The maximum absolute atomic E-state index is 12.1. The highest BCUT2D eigenvalue weighted by Gasteiger charge is 2.42. The van der Waals surface area contributed by atoms with E-state index >= 15 is 0 Å². The Morgan fingerprint density at radius 2 is 2.16 bits per heavy atom. The molecule has 1 aliphatic heterocycles. The van der Waals surface area contributed by atoms with E-state index in [9.17, 15) is 14.7 Å². The Labute approximate surface area is 177 Å². The van der Waals surface area contributed by atoms with Crippen molar-refractivity contribution in [2.45, 2.75) is 30.8 Å². The first-order valence-electron chi connectivity index (χ1n) is 10.0. The highest BCUT2D eigenvalue weighted by atomic mass is 16.3. The molecule has 1 atom stereocenters. The normalized spacial score (nSPS) is 20.7. The lowest BCUT2D eigenvalue weighted by atomic mass is 10.0. The van der Waals surface area contributed by atoms with Crippen molar-refractivity contribution in [1.29, 1.82) is 0 Å². The standard InChI is InChI=1S/C22H20N6O3/c1-27-10-9-22(31,21(27)30)8-7-13-3-2-4-15(11-13)28-20-16(17(26-28)18(23)29)12-24-19(25-20)14-5-6-14/h2-4,11-12,14,31H,5-6,9-10H2,1H3,(H2,23,29). The van der Waals surface area contributed by atoms with Crippen molar-refractivity contribution in [3.8, 4) is 17.5 Å². The van der Waals surface area contributed by atoms with Crippen molar-refractivity contribution < 1.29 is 14.7 Å². The number of aromatic nitrogens is 4. The summed E-state index contributed by atoms with van der Waals surface area (Å²) in [6, 6.07) is 7.13. The summed E-state index contributed by atoms with van der Waals surface area (Å²) in [6.45, 7) is 0.461. The number of likely N-dealkylation sites (N-methyl/N-ethyl adjacent to an activating group) is 1. The molecule has 1 aromatic carbocycles.